The van der Waals surface area contributed by atoms with E-state index in [4.69, 9.17) is 4.74 Å². The molecule has 2 fully saturated rings. The van der Waals surface area contributed by atoms with Gasteiger partial charge in [-0.3, -0.25) is 9.59 Å². The van der Waals surface area contributed by atoms with E-state index in [9.17, 15) is 14.7 Å². The van der Waals surface area contributed by atoms with Crippen LogP contribution < -0.4 is 0 Å². The maximum atomic E-state index is 13.3. The van der Waals surface area contributed by atoms with Gasteiger partial charge in [0.2, 0.25) is 5.91 Å². The Morgan fingerprint density at radius 3 is 2.37 bits per heavy atom. The molecule has 1 aliphatic heterocycles. The third-order valence-corrected chi connectivity index (χ3v) is 6.44. The van der Waals surface area contributed by atoms with Crippen molar-refractivity contribution in [3.8, 4) is 0 Å². The molecule has 1 saturated carbocycles. The molecule has 0 unspecified atom stereocenters. The Kier molecular flexibility index (Phi) is 6.48. The molecule has 4 rings (SSSR count). The molecule has 30 heavy (non-hydrogen) atoms. The van der Waals surface area contributed by atoms with E-state index in [1.807, 2.05) is 53.4 Å². The van der Waals surface area contributed by atoms with Gasteiger partial charge < -0.3 is 14.7 Å². The van der Waals surface area contributed by atoms with Crippen molar-refractivity contribution < 1.29 is 19.4 Å². The molecular formula is C25H29NO4. The second-order valence-electron chi connectivity index (χ2n) is 8.45. The molecule has 2 aliphatic rings. The highest BCUT2D eigenvalue weighted by molar-refractivity contribution is 5.86. The number of esters is 1. The van der Waals surface area contributed by atoms with Crippen molar-refractivity contribution in [3.05, 3.63) is 71.8 Å². The first-order valence-corrected chi connectivity index (χ1v) is 10.8. The molecule has 1 saturated heterocycles. The summed E-state index contributed by atoms with van der Waals surface area (Å²) in [6.45, 7) is 1.59. The van der Waals surface area contributed by atoms with Gasteiger partial charge in [0.1, 0.15) is 6.61 Å². The predicted molar refractivity (Wildman–Crippen MR) is 113 cm³/mol. The molecule has 2 aromatic carbocycles. The molecule has 5 nitrogen and oxygen atoms in total. The van der Waals surface area contributed by atoms with Gasteiger partial charge in [-0.15, -0.1) is 0 Å². The van der Waals surface area contributed by atoms with E-state index < -0.39 is 17.9 Å². The molecule has 158 valence electrons. The normalized spacial score (nSPS) is 26.4. The Hall–Kier alpha value is -2.66. The quantitative estimate of drug-likeness (QED) is 0.770. The van der Waals surface area contributed by atoms with Gasteiger partial charge in [0.05, 0.1) is 17.9 Å². The SMILES string of the molecule is O=C(OCc1ccccc1)[C@H]1C[C@H](O)CC[C@@H]1C(=O)N1CC[C@H](c2ccccc2)C1. The highest BCUT2D eigenvalue weighted by Crippen LogP contribution is 2.35. The lowest BCUT2D eigenvalue weighted by Crippen LogP contribution is -2.44. The number of amides is 1. The number of hydrogen-bond acceptors (Lipinski definition) is 4. The van der Waals surface area contributed by atoms with Gasteiger partial charge in [-0.25, -0.2) is 0 Å². The number of nitrogens with zero attached hydrogens (tertiary/aromatic N) is 1. The first-order chi connectivity index (χ1) is 14.6. The molecule has 2 aromatic rings. The second-order valence-corrected chi connectivity index (χ2v) is 8.45. The van der Waals surface area contributed by atoms with Crippen LogP contribution in [-0.2, 0) is 20.9 Å². The van der Waals surface area contributed by atoms with Crippen LogP contribution in [0.5, 0.6) is 0 Å². The summed E-state index contributed by atoms with van der Waals surface area (Å²) >= 11 is 0. The maximum absolute atomic E-state index is 13.3. The highest BCUT2D eigenvalue weighted by atomic mass is 16.5. The van der Waals surface area contributed by atoms with Crippen LogP contribution in [-0.4, -0.2) is 41.1 Å². The van der Waals surface area contributed by atoms with E-state index >= 15 is 0 Å². The number of carbonyl (C=O) groups is 2. The van der Waals surface area contributed by atoms with E-state index in [1.165, 1.54) is 5.56 Å². The predicted octanol–water partition coefficient (Wildman–Crippen LogP) is 3.52. The van der Waals surface area contributed by atoms with Crippen molar-refractivity contribution in [2.75, 3.05) is 13.1 Å². The summed E-state index contributed by atoms with van der Waals surface area (Å²) in [6, 6.07) is 19.8. The zero-order chi connectivity index (χ0) is 20.9. The summed E-state index contributed by atoms with van der Waals surface area (Å²) in [4.78, 5) is 28.0. The number of rotatable bonds is 5. The molecule has 0 bridgehead atoms. The van der Waals surface area contributed by atoms with Gasteiger partial charge >= 0.3 is 5.97 Å². The van der Waals surface area contributed by atoms with E-state index in [2.05, 4.69) is 12.1 Å². The minimum atomic E-state index is -0.583. The Bertz CT molecular complexity index is 854. The lowest BCUT2D eigenvalue weighted by atomic mass is 9.77. The second kappa shape index (κ2) is 9.43. The van der Waals surface area contributed by atoms with Crippen LogP contribution >= 0.6 is 0 Å². The van der Waals surface area contributed by atoms with Gasteiger partial charge in [-0.05, 0) is 36.8 Å². The molecule has 0 radical (unpaired) electrons. The molecule has 4 atom stereocenters. The summed E-state index contributed by atoms with van der Waals surface area (Å²) in [7, 11) is 0. The van der Waals surface area contributed by atoms with Crippen LogP contribution in [0.15, 0.2) is 60.7 Å². The van der Waals surface area contributed by atoms with Crippen molar-refractivity contribution in [3.63, 3.8) is 0 Å². The van der Waals surface area contributed by atoms with Crippen LogP contribution in [0.1, 0.15) is 42.7 Å². The van der Waals surface area contributed by atoms with Gasteiger partial charge in [-0.1, -0.05) is 60.7 Å². The number of benzene rings is 2. The fourth-order valence-electron chi connectivity index (χ4n) is 4.73. The molecule has 1 N–H and O–H groups in total. The van der Waals surface area contributed by atoms with Crippen LogP contribution in [0.25, 0.3) is 0 Å². The fraction of sp³-hybridized carbons (Fsp3) is 0.440. The first-order valence-electron chi connectivity index (χ1n) is 10.8. The average molecular weight is 408 g/mol. The smallest absolute Gasteiger partial charge is 0.310 e. The van der Waals surface area contributed by atoms with E-state index in [0.29, 0.717) is 38.3 Å². The maximum Gasteiger partial charge on any atom is 0.310 e. The van der Waals surface area contributed by atoms with Crippen molar-refractivity contribution in [2.45, 2.75) is 44.3 Å². The summed E-state index contributed by atoms with van der Waals surface area (Å²) < 4.78 is 5.53. The monoisotopic (exact) mass is 407 g/mol. The zero-order valence-corrected chi connectivity index (χ0v) is 17.2. The number of carbonyl (C=O) groups excluding carboxylic acids is 2. The van der Waals surface area contributed by atoms with Crippen molar-refractivity contribution >= 4 is 11.9 Å². The molecule has 0 spiro atoms. The summed E-state index contributed by atoms with van der Waals surface area (Å²) in [5.41, 5.74) is 2.17. The Morgan fingerprint density at radius 2 is 1.63 bits per heavy atom. The summed E-state index contributed by atoms with van der Waals surface area (Å²) in [5, 5.41) is 10.1. The Morgan fingerprint density at radius 1 is 0.933 bits per heavy atom. The Balaban J connectivity index is 1.40. The van der Waals surface area contributed by atoms with Crippen LogP contribution in [0, 0.1) is 11.8 Å². The Labute approximate surface area is 177 Å². The molecular weight excluding hydrogens is 378 g/mol. The molecule has 1 heterocycles. The van der Waals surface area contributed by atoms with Gasteiger partial charge in [0.15, 0.2) is 0 Å². The zero-order valence-electron chi connectivity index (χ0n) is 17.2. The largest absolute Gasteiger partial charge is 0.461 e. The molecule has 5 heteroatoms. The topological polar surface area (TPSA) is 66.8 Å². The third-order valence-electron chi connectivity index (χ3n) is 6.44. The minimum Gasteiger partial charge on any atom is -0.461 e. The van der Waals surface area contributed by atoms with Gasteiger partial charge in [0.25, 0.3) is 0 Å². The molecule has 1 amide bonds. The van der Waals surface area contributed by atoms with Gasteiger partial charge in [-0.2, -0.15) is 0 Å². The summed E-state index contributed by atoms with van der Waals surface area (Å²) in [6.07, 6.45) is 1.75. The highest BCUT2D eigenvalue weighted by Gasteiger charge is 2.42. The van der Waals surface area contributed by atoms with E-state index in [-0.39, 0.29) is 18.5 Å². The van der Waals surface area contributed by atoms with Crippen LogP contribution in [0.4, 0.5) is 0 Å². The average Bonchev–Trinajstić information content (AvgIpc) is 3.29. The van der Waals surface area contributed by atoms with E-state index in [0.717, 1.165) is 12.0 Å². The number of aliphatic hydroxyl groups excluding tert-OH is 1. The van der Waals surface area contributed by atoms with Crippen molar-refractivity contribution in [1.29, 1.82) is 0 Å². The lowest BCUT2D eigenvalue weighted by Gasteiger charge is -2.34. The lowest BCUT2D eigenvalue weighted by molar-refractivity contribution is -0.160. The van der Waals surface area contributed by atoms with Gasteiger partial charge in [0, 0.05) is 19.0 Å². The number of aliphatic hydroxyl groups is 1. The number of ether oxygens (including phenoxy) is 1. The van der Waals surface area contributed by atoms with E-state index in [1.54, 1.807) is 0 Å². The third kappa shape index (κ3) is 4.73. The van der Waals surface area contributed by atoms with Crippen molar-refractivity contribution in [2.24, 2.45) is 11.8 Å². The molecule has 0 aromatic heterocycles. The minimum absolute atomic E-state index is 0.0296. The van der Waals surface area contributed by atoms with Crippen molar-refractivity contribution in [1.82, 2.24) is 4.90 Å². The molecule has 1 aliphatic carbocycles. The summed E-state index contributed by atoms with van der Waals surface area (Å²) in [5.74, 6) is -1.00. The number of hydrogen-bond donors (Lipinski definition) is 1. The van der Waals surface area contributed by atoms with Crippen LogP contribution in [0.2, 0.25) is 0 Å². The standard InChI is InChI=1S/C25H29NO4/c27-21-11-12-22(23(15-21)25(29)30-17-18-7-3-1-4-8-18)24(28)26-14-13-20(16-26)19-9-5-2-6-10-19/h1-10,20-23,27H,11-17H2/t20-,21+,22-,23-/m0/s1. The van der Waals surface area contributed by atoms with Crippen LogP contribution in [0.3, 0.4) is 0 Å². The fourth-order valence-corrected chi connectivity index (χ4v) is 4.73. The number of likely N-dealkylation sites (tertiary alicyclic amines) is 1. The first kappa shape index (κ1) is 20.6.